The molecule has 0 N–H and O–H groups in total. The number of halogens is 4. The number of benzene rings is 1. The first-order chi connectivity index (χ1) is 13.7. The lowest BCUT2D eigenvalue weighted by Crippen LogP contribution is -2.38. The van der Waals surface area contributed by atoms with Crippen molar-refractivity contribution in [1.29, 1.82) is 0 Å². The Morgan fingerprint density at radius 3 is 2.55 bits per heavy atom. The number of rotatable bonds is 2. The van der Waals surface area contributed by atoms with E-state index in [2.05, 4.69) is 10.1 Å². The fraction of sp³-hybridized carbons (Fsp3) is 0.316. The number of carbonyl (C=O) groups excluding carboxylic acids is 1. The van der Waals surface area contributed by atoms with E-state index in [-0.39, 0.29) is 22.9 Å². The molecule has 1 aromatic carbocycles. The molecule has 152 valence electrons. The number of thioether (sulfide) groups is 1. The standard InChI is InChI=1S/C19H16ClF3N4OS/c1-11-2-3-12(8-13(11)20)14-9-16(19(21,22)23)27-17(24-14)10-15(25-27)18(28)26-4-6-29-7-5-26/h2-3,8-10H,4-7H2,1H3. The van der Waals surface area contributed by atoms with Gasteiger partial charge < -0.3 is 4.90 Å². The van der Waals surface area contributed by atoms with E-state index in [4.69, 9.17) is 11.6 Å². The summed E-state index contributed by atoms with van der Waals surface area (Å²) in [5.41, 5.74) is 0.290. The number of nitrogens with zero attached hydrogens (tertiary/aromatic N) is 4. The minimum Gasteiger partial charge on any atom is -0.336 e. The fourth-order valence-electron chi connectivity index (χ4n) is 3.11. The number of hydrogen-bond acceptors (Lipinski definition) is 4. The SMILES string of the molecule is Cc1ccc(-c2cc(C(F)(F)F)n3nc(C(=O)N4CCSCC4)cc3n2)cc1Cl. The Labute approximate surface area is 173 Å². The topological polar surface area (TPSA) is 50.5 Å². The summed E-state index contributed by atoms with van der Waals surface area (Å²) in [7, 11) is 0. The summed E-state index contributed by atoms with van der Waals surface area (Å²) in [6, 6.07) is 7.18. The normalized spacial score (nSPS) is 15.1. The van der Waals surface area contributed by atoms with E-state index in [0.717, 1.165) is 23.1 Å². The van der Waals surface area contributed by atoms with Gasteiger partial charge in [-0.3, -0.25) is 4.79 Å². The van der Waals surface area contributed by atoms with Crippen LogP contribution in [0.4, 0.5) is 13.2 Å². The van der Waals surface area contributed by atoms with Gasteiger partial charge in [0, 0.05) is 41.2 Å². The van der Waals surface area contributed by atoms with E-state index >= 15 is 0 Å². The molecule has 0 aliphatic carbocycles. The van der Waals surface area contributed by atoms with Gasteiger partial charge in [-0.1, -0.05) is 23.7 Å². The Kier molecular flexibility index (Phi) is 5.20. The molecule has 10 heteroatoms. The molecular formula is C19H16ClF3N4OS. The van der Waals surface area contributed by atoms with Crippen molar-refractivity contribution in [2.45, 2.75) is 13.1 Å². The minimum atomic E-state index is -4.67. The number of aryl methyl sites for hydroxylation is 1. The average Bonchev–Trinajstić information content (AvgIpc) is 3.12. The van der Waals surface area contributed by atoms with Crippen LogP contribution in [0.3, 0.4) is 0 Å². The molecule has 3 aromatic rings. The Morgan fingerprint density at radius 1 is 1.17 bits per heavy atom. The summed E-state index contributed by atoms with van der Waals surface area (Å²) in [4.78, 5) is 18.6. The van der Waals surface area contributed by atoms with Crippen LogP contribution in [0.25, 0.3) is 16.9 Å². The van der Waals surface area contributed by atoms with Gasteiger partial charge in [0.05, 0.1) is 5.69 Å². The van der Waals surface area contributed by atoms with Gasteiger partial charge in [-0.05, 0) is 24.6 Å². The highest BCUT2D eigenvalue weighted by atomic mass is 35.5. The summed E-state index contributed by atoms with van der Waals surface area (Å²) in [5, 5.41) is 4.37. The van der Waals surface area contributed by atoms with E-state index in [9.17, 15) is 18.0 Å². The molecule has 1 fully saturated rings. The average molecular weight is 441 g/mol. The number of hydrogen-bond donors (Lipinski definition) is 0. The monoisotopic (exact) mass is 440 g/mol. The Morgan fingerprint density at radius 2 is 1.90 bits per heavy atom. The first-order valence-electron chi connectivity index (χ1n) is 8.85. The van der Waals surface area contributed by atoms with Crippen molar-refractivity contribution in [3.05, 3.63) is 52.3 Å². The summed E-state index contributed by atoms with van der Waals surface area (Å²) >= 11 is 7.86. The van der Waals surface area contributed by atoms with Crippen LogP contribution in [-0.2, 0) is 6.18 Å². The van der Waals surface area contributed by atoms with Gasteiger partial charge in [0.1, 0.15) is 0 Å². The van der Waals surface area contributed by atoms with Crippen molar-refractivity contribution in [2.24, 2.45) is 0 Å². The van der Waals surface area contributed by atoms with Crippen molar-refractivity contribution < 1.29 is 18.0 Å². The third-order valence-electron chi connectivity index (χ3n) is 4.70. The third-order valence-corrected chi connectivity index (χ3v) is 6.05. The maximum Gasteiger partial charge on any atom is 0.433 e. The van der Waals surface area contributed by atoms with Crippen LogP contribution >= 0.6 is 23.4 Å². The van der Waals surface area contributed by atoms with Crippen molar-refractivity contribution in [2.75, 3.05) is 24.6 Å². The van der Waals surface area contributed by atoms with Crippen LogP contribution < -0.4 is 0 Å². The maximum atomic E-state index is 13.7. The molecule has 0 radical (unpaired) electrons. The van der Waals surface area contributed by atoms with Crippen LogP contribution in [0.5, 0.6) is 0 Å². The zero-order chi connectivity index (χ0) is 20.8. The molecule has 29 heavy (non-hydrogen) atoms. The lowest BCUT2D eigenvalue weighted by Gasteiger charge is -2.25. The number of aromatic nitrogens is 3. The molecule has 3 heterocycles. The number of alkyl halides is 3. The predicted octanol–water partition coefficient (Wildman–Crippen LogP) is 4.57. The van der Waals surface area contributed by atoms with Crippen LogP contribution in [0.1, 0.15) is 21.7 Å². The second-order valence-corrected chi connectivity index (χ2v) is 8.32. The van der Waals surface area contributed by atoms with Crippen molar-refractivity contribution in [3.63, 3.8) is 0 Å². The minimum absolute atomic E-state index is 0.0405. The molecule has 5 nitrogen and oxygen atoms in total. The van der Waals surface area contributed by atoms with Crippen molar-refractivity contribution in [3.8, 4) is 11.3 Å². The second kappa shape index (κ2) is 7.53. The molecule has 1 saturated heterocycles. The van der Waals surface area contributed by atoms with Crippen LogP contribution in [0.15, 0.2) is 30.3 Å². The number of carbonyl (C=O) groups is 1. The van der Waals surface area contributed by atoms with E-state index < -0.39 is 11.9 Å². The van der Waals surface area contributed by atoms with E-state index in [0.29, 0.717) is 28.2 Å². The predicted molar refractivity (Wildman–Crippen MR) is 106 cm³/mol. The van der Waals surface area contributed by atoms with Crippen LogP contribution in [0.2, 0.25) is 5.02 Å². The summed E-state index contributed by atoms with van der Waals surface area (Å²) in [5.74, 6) is 1.20. The summed E-state index contributed by atoms with van der Waals surface area (Å²) in [6.45, 7) is 2.89. The molecule has 1 amide bonds. The first-order valence-corrected chi connectivity index (χ1v) is 10.4. The Bertz CT molecular complexity index is 1090. The third kappa shape index (κ3) is 3.93. The lowest BCUT2D eigenvalue weighted by atomic mass is 10.1. The Balaban J connectivity index is 1.83. The van der Waals surface area contributed by atoms with Gasteiger partial charge >= 0.3 is 6.18 Å². The molecule has 1 aliphatic heterocycles. The smallest absolute Gasteiger partial charge is 0.336 e. The van der Waals surface area contributed by atoms with Crippen molar-refractivity contribution in [1.82, 2.24) is 19.5 Å². The van der Waals surface area contributed by atoms with Gasteiger partial charge in [0.15, 0.2) is 17.0 Å². The van der Waals surface area contributed by atoms with Crippen LogP contribution in [0, 0.1) is 6.92 Å². The highest BCUT2D eigenvalue weighted by Gasteiger charge is 2.36. The molecule has 0 unspecified atom stereocenters. The largest absolute Gasteiger partial charge is 0.433 e. The maximum absolute atomic E-state index is 13.7. The van der Waals surface area contributed by atoms with E-state index in [1.165, 1.54) is 6.07 Å². The zero-order valence-electron chi connectivity index (χ0n) is 15.3. The summed E-state index contributed by atoms with van der Waals surface area (Å²) in [6.07, 6.45) is -4.67. The highest BCUT2D eigenvalue weighted by Crippen LogP contribution is 2.33. The van der Waals surface area contributed by atoms with Gasteiger partial charge in [0.25, 0.3) is 5.91 Å². The fourth-order valence-corrected chi connectivity index (χ4v) is 4.19. The molecule has 1 aliphatic rings. The van der Waals surface area contributed by atoms with E-state index in [1.54, 1.807) is 41.8 Å². The zero-order valence-corrected chi connectivity index (χ0v) is 16.9. The van der Waals surface area contributed by atoms with Gasteiger partial charge in [-0.2, -0.15) is 30.0 Å². The van der Waals surface area contributed by atoms with Crippen LogP contribution in [-0.4, -0.2) is 50.0 Å². The first kappa shape index (κ1) is 20.0. The molecular weight excluding hydrogens is 425 g/mol. The van der Waals surface area contributed by atoms with Gasteiger partial charge in [-0.15, -0.1) is 0 Å². The molecule has 2 aromatic heterocycles. The molecule has 0 atom stereocenters. The Hall–Kier alpha value is -2.26. The van der Waals surface area contributed by atoms with E-state index in [1.807, 2.05) is 0 Å². The molecule has 4 rings (SSSR count). The molecule has 0 saturated carbocycles. The molecule has 0 bridgehead atoms. The quantitative estimate of drug-likeness (QED) is 0.586. The number of fused-ring (bicyclic) bond motifs is 1. The number of amides is 1. The highest BCUT2D eigenvalue weighted by molar-refractivity contribution is 7.99. The van der Waals surface area contributed by atoms with Gasteiger partial charge in [-0.25, -0.2) is 9.50 Å². The second-order valence-electron chi connectivity index (χ2n) is 6.69. The van der Waals surface area contributed by atoms with Crippen molar-refractivity contribution >= 4 is 34.9 Å². The summed E-state index contributed by atoms with van der Waals surface area (Å²) < 4.78 is 41.8. The van der Waals surface area contributed by atoms with Gasteiger partial charge in [0.2, 0.25) is 0 Å². The molecule has 0 spiro atoms. The lowest BCUT2D eigenvalue weighted by molar-refractivity contribution is -0.142.